The van der Waals surface area contributed by atoms with Crippen molar-refractivity contribution in [3.8, 4) is 17.1 Å². The van der Waals surface area contributed by atoms with E-state index in [1.54, 1.807) is 31.2 Å². The second-order valence-electron chi connectivity index (χ2n) is 6.46. The van der Waals surface area contributed by atoms with Gasteiger partial charge in [0.05, 0.1) is 6.04 Å². The maximum absolute atomic E-state index is 12.6. The van der Waals surface area contributed by atoms with Crippen molar-refractivity contribution in [2.75, 3.05) is 6.61 Å². The van der Waals surface area contributed by atoms with Crippen LogP contribution in [0.15, 0.2) is 54.6 Å². The highest BCUT2D eigenvalue weighted by Gasteiger charge is 2.21. The molecule has 0 aliphatic carbocycles. The third kappa shape index (κ3) is 5.16. The van der Waals surface area contributed by atoms with Gasteiger partial charge in [-0.2, -0.15) is 4.80 Å². The summed E-state index contributed by atoms with van der Waals surface area (Å²) >= 11 is 0. The predicted molar refractivity (Wildman–Crippen MR) is 104 cm³/mol. The van der Waals surface area contributed by atoms with Crippen molar-refractivity contribution in [1.82, 2.24) is 25.5 Å². The van der Waals surface area contributed by atoms with Crippen molar-refractivity contribution in [3.63, 3.8) is 0 Å². The molecular formula is C20H21N5O4. The predicted octanol–water partition coefficient (Wildman–Crippen LogP) is 2.24. The minimum absolute atomic E-state index is 0.249. The van der Waals surface area contributed by atoms with Crippen molar-refractivity contribution in [2.24, 2.45) is 0 Å². The lowest BCUT2D eigenvalue weighted by molar-refractivity contribution is -0.139. The lowest BCUT2D eigenvalue weighted by Gasteiger charge is -2.17. The second-order valence-corrected chi connectivity index (χ2v) is 6.46. The van der Waals surface area contributed by atoms with E-state index in [1.807, 2.05) is 37.3 Å². The molecule has 2 unspecified atom stereocenters. The van der Waals surface area contributed by atoms with Gasteiger partial charge in [-0.1, -0.05) is 42.5 Å². The summed E-state index contributed by atoms with van der Waals surface area (Å²) in [5.41, 5.74) is 1.68. The van der Waals surface area contributed by atoms with Gasteiger partial charge in [0.15, 0.2) is 6.61 Å². The van der Waals surface area contributed by atoms with Gasteiger partial charge in [-0.25, -0.2) is 4.79 Å². The second kappa shape index (κ2) is 8.96. The molecule has 1 amide bonds. The Labute approximate surface area is 167 Å². The normalized spacial score (nSPS) is 12.8. The number of carboxylic acid groups (broad SMARTS) is 1. The van der Waals surface area contributed by atoms with E-state index in [4.69, 9.17) is 9.84 Å². The van der Waals surface area contributed by atoms with Crippen LogP contribution in [-0.2, 0) is 9.59 Å². The summed E-state index contributed by atoms with van der Waals surface area (Å²) in [6, 6.07) is 15.4. The average molecular weight is 395 g/mol. The number of benzene rings is 2. The van der Waals surface area contributed by atoms with Gasteiger partial charge in [0.1, 0.15) is 11.8 Å². The first-order valence-electron chi connectivity index (χ1n) is 9.04. The summed E-state index contributed by atoms with van der Waals surface area (Å²) in [4.78, 5) is 24.4. The summed E-state index contributed by atoms with van der Waals surface area (Å²) in [7, 11) is 0. The van der Waals surface area contributed by atoms with Gasteiger partial charge in [0, 0.05) is 5.56 Å². The number of aliphatic carboxylic acids is 1. The van der Waals surface area contributed by atoms with E-state index in [0.29, 0.717) is 11.6 Å². The van der Waals surface area contributed by atoms with Crippen molar-refractivity contribution in [3.05, 3.63) is 60.2 Å². The highest BCUT2D eigenvalue weighted by Crippen LogP contribution is 2.19. The number of hydrogen-bond donors (Lipinski definition) is 2. The number of hydrogen-bond acceptors (Lipinski definition) is 6. The first-order chi connectivity index (χ1) is 13.9. The molecular weight excluding hydrogens is 374 g/mol. The summed E-state index contributed by atoms with van der Waals surface area (Å²) in [6.07, 6.45) is 0. The average Bonchev–Trinajstić information content (AvgIpc) is 3.23. The molecule has 2 aromatic carbocycles. The monoisotopic (exact) mass is 395 g/mol. The number of nitrogens with zero attached hydrogens (tertiary/aromatic N) is 4. The first-order valence-corrected chi connectivity index (χ1v) is 9.04. The number of amides is 1. The van der Waals surface area contributed by atoms with Crippen LogP contribution in [0.2, 0.25) is 0 Å². The Kier molecular flexibility index (Phi) is 6.18. The summed E-state index contributed by atoms with van der Waals surface area (Å²) in [5, 5.41) is 23.9. The van der Waals surface area contributed by atoms with E-state index >= 15 is 0 Å². The fraction of sp³-hybridized carbons (Fsp3) is 0.250. The van der Waals surface area contributed by atoms with Gasteiger partial charge < -0.3 is 15.2 Å². The molecule has 0 fully saturated rings. The first kappa shape index (κ1) is 20.0. The standard InChI is InChI=1S/C20H21N5O4/c1-13(15-8-10-17(11-9-15)29-12-18(26)27)21-20(28)14(2)25-23-19(22-24-25)16-6-4-3-5-7-16/h3-11,13-14H,12H2,1-2H3,(H,21,28)(H,26,27). The van der Waals surface area contributed by atoms with Crippen molar-refractivity contribution >= 4 is 11.9 Å². The number of carbonyl (C=O) groups is 2. The van der Waals surface area contributed by atoms with Crippen LogP contribution in [-0.4, -0.2) is 43.8 Å². The van der Waals surface area contributed by atoms with Gasteiger partial charge in [-0.15, -0.1) is 10.2 Å². The zero-order chi connectivity index (χ0) is 20.8. The fourth-order valence-corrected chi connectivity index (χ4v) is 2.61. The van der Waals surface area contributed by atoms with Crippen LogP contribution in [0, 0.1) is 0 Å². The Morgan fingerprint density at radius 2 is 1.79 bits per heavy atom. The summed E-state index contributed by atoms with van der Waals surface area (Å²) in [5.74, 6) is -0.389. The van der Waals surface area contributed by atoms with Crippen LogP contribution in [0.4, 0.5) is 0 Å². The Balaban J connectivity index is 1.60. The molecule has 0 radical (unpaired) electrons. The number of aromatic nitrogens is 4. The van der Waals surface area contributed by atoms with Crippen LogP contribution >= 0.6 is 0 Å². The molecule has 3 aromatic rings. The molecule has 1 heterocycles. The van der Waals surface area contributed by atoms with Crippen LogP contribution in [0.25, 0.3) is 11.4 Å². The van der Waals surface area contributed by atoms with Crippen LogP contribution in [0.3, 0.4) is 0 Å². The number of tetrazole rings is 1. The molecule has 0 saturated carbocycles. The summed E-state index contributed by atoms with van der Waals surface area (Å²) in [6.45, 7) is 3.14. The van der Waals surface area contributed by atoms with Crippen LogP contribution in [0.1, 0.15) is 31.5 Å². The van der Waals surface area contributed by atoms with E-state index in [2.05, 4.69) is 20.7 Å². The van der Waals surface area contributed by atoms with Gasteiger partial charge in [0.25, 0.3) is 0 Å². The van der Waals surface area contributed by atoms with E-state index < -0.39 is 18.6 Å². The van der Waals surface area contributed by atoms with Gasteiger partial charge in [-0.05, 0) is 36.8 Å². The Hall–Kier alpha value is -3.75. The highest BCUT2D eigenvalue weighted by molar-refractivity contribution is 5.80. The molecule has 2 atom stereocenters. The molecule has 0 aliphatic heterocycles. The minimum atomic E-state index is -1.04. The smallest absolute Gasteiger partial charge is 0.341 e. The number of carboxylic acids is 1. The number of nitrogens with one attached hydrogen (secondary N) is 1. The Bertz CT molecular complexity index is 972. The van der Waals surface area contributed by atoms with Gasteiger partial charge in [-0.3, -0.25) is 4.79 Å². The molecule has 3 rings (SSSR count). The fourth-order valence-electron chi connectivity index (χ4n) is 2.61. The zero-order valence-electron chi connectivity index (χ0n) is 16.0. The van der Waals surface area contributed by atoms with Crippen molar-refractivity contribution in [1.29, 1.82) is 0 Å². The largest absolute Gasteiger partial charge is 0.482 e. The third-order valence-corrected chi connectivity index (χ3v) is 4.29. The van der Waals surface area contributed by atoms with E-state index in [0.717, 1.165) is 11.1 Å². The molecule has 0 bridgehead atoms. The van der Waals surface area contributed by atoms with E-state index in [1.165, 1.54) is 4.80 Å². The quantitative estimate of drug-likeness (QED) is 0.600. The lowest BCUT2D eigenvalue weighted by atomic mass is 10.1. The molecule has 9 nitrogen and oxygen atoms in total. The molecule has 0 aliphatic rings. The number of carbonyl (C=O) groups excluding carboxylic acids is 1. The minimum Gasteiger partial charge on any atom is -0.482 e. The third-order valence-electron chi connectivity index (χ3n) is 4.29. The lowest BCUT2D eigenvalue weighted by Crippen LogP contribution is -2.34. The zero-order valence-corrected chi connectivity index (χ0v) is 16.0. The van der Waals surface area contributed by atoms with Crippen LogP contribution in [0.5, 0.6) is 5.75 Å². The van der Waals surface area contributed by atoms with Gasteiger partial charge >= 0.3 is 5.97 Å². The molecule has 1 aromatic heterocycles. The number of ether oxygens (including phenoxy) is 1. The highest BCUT2D eigenvalue weighted by atomic mass is 16.5. The molecule has 150 valence electrons. The van der Waals surface area contributed by atoms with Gasteiger partial charge in [0.2, 0.25) is 11.7 Å². The maximum atomic E-state index is 12.6. The van der Waals surface area contributed by atoms with E-state index in [9.17, 15) is 9.59 Å². The molecule has 0 saturated heterocycles. The SMILES string of the molecule is CC(NC(=O)C(C)n1nnc(-c2ccccc2)n1)c1ccc(OCC(=O)O)cc1. The topological polar surface area (TPSA) is 119 Å². The Morgan fingerprint density at radius 3 is 2.45 bits per heavy atom. The van der Waals surface area contributed by atoms with Crippen molar-refractivity contribution < 1.29 is 19.4 Å². The molecule has 0 spiro atoms. The van der Waals surface area contributed by atoms with Crippen LogP contribution < -0.4 is 10.1 Å². The summed E-state index contributed by atoms with van der Waals surface area (Å²) < 4.78 is 5.10. The van der Waals surface area contributed by atoms with Crippen molar-refractivity contribution in [2.45, 2.75) is 25.9 Å². The van der Waals surface area contributed by atoms with E-state index in [-0.39, 0.29) is 11.9 Å². The maximum Gasteiger partial charge on any atom is 0.341 e. The molecule has 2 N–H and O–H groups in total. The molecule has 29 heavy (non-hydrogen) atoms. The molecule has 9 heteroatoms. The number of rotatable bonds is 8. The Morgan fingerprint density at radius 1 is 1.10 bits per heavy atom.